The predicted molar refractivity (Wildman–Crippen MR) is 78.9 cm³/mol. The van der Waals surface area contributed by atoms with Crippen molar-refractivity contribution in [2.24, 2.45) is 5.41 Å². The molecule has 1 aliphatic rings. The largest absolute Gasteiger partial charge is 0.370 e. The summed E-state index contributed by atoms with van der Waals surface area (Å²) < 4.78 is 6.83. The number of carbonyl (C=O) groups is 1. The maximum atomic E-state index is 12.3. The summed E-state index contributed by atoms with van der Waals surface area (Å²) in [5.41, 5.74) is 0.778. The number of morpholine rings is 1. The maximum absolute atomic E-state index is 12.3. The lowest BCUT2D eigenvalue weighted by Gasteiger charge is -2.36. The summed E-state index contributed by atoms with van der Waals surface area (Å²) in [4.78, 5) is 14.2. The van der Waals surface area contributed by atoms with Crippen LogP contribution in [0, 0.1) is 5.41 Å². The number of benzene rings is 1. The molecule has 0 saturated carbocycles. The molecular formula is C15H20BrNO2. The highest BCUT2D eigenvalue weighted by molar-refractivity contribution is 9.10. The first-order chi connectivity index (χ1) is 8.88. The third kappa shape index (κ3) is 3.57. The van der Waals surface area contributed by atoms with Crippen molar-refractivity contribution in [2.75, 3.05) is 19.7 Å². The minimum absolute atomic E-state index is 0.0300. The number of halogens is 1. The van der Waals surface area contributed by atoms with Gasteiger partial charge in [0.25, 0.3) is 0 Å². The lowest BCUT2D eigenvalue weighted by atomic mass is 9.94. The Hall–Kier alpha value is -0.870. The van der Waals surface area contributed by atoms with Crippen LogP contribution in [0.25, 0.3) is 0 Å². The summed E-state index contributed by atoms with van der Waals surface area (Å²) >= 11 is 3.47. The average molecular weight is 326 g/mol. The molecule has 1 aromatic carbocycles. The Kier molecular flexibility index (Phi) is 4.31. The van der Waals surface area contributed by atoms with Crippen molar-refractivity contribution < 1.29 is 9.53 Å². The molecule has 1 aliphatic heterocycles. The first-order valence-corrected chi connectivity index (χ1v) is 7.33. The molecule has 0 aliphatic carbocycles. The molecule has 1 amide bonds. The first kappa shape index (κ1) is 14.5. The number of amides is 1. The Morgan fingerprint density at radius 3 is 2.79 bits per heavy atom. The smallest absolute Gasteiger partial charge is 0.228 e. The molecule has 1 aromatic rings. The number of rotatable bonds is 1. The van der Waals surface area contributed by atoms with Gasteiger partial charge >= 0.3 is 0 Å². The molecule has 104 valence electrons. The van der Waals surface area contributed by atoms with Gasteiger partial charge in [0, 0.05) is 16.4 Å². The number of carbonyl (C=O) groups excluding carboxylic acids is 1. The second-order valence-electron chi connectivity index (χ2n) is 5.92. The molecule has 1 fully saturated rings. The zero-order chi connectivity index (χ0) is 14.0. The summed E-state index contributed by atoms with van der Waals surface area (Å²) in [5, 5.41) is 0. The normalized spacial score (nSPS) is 20.4. The van der Waals surface area contributed by atoms with Crippen molar-refractivity contribution in [1.82, 2.24) is 4.90 Å². The van der Waals surface area contributed by atoms with Gasteiger partial charge in [-0.3, -0.25) is 4.79 Å². The number of nitrogens with zero attached hydrogens (tertiary/aromatic N) is 1. The van der Waals surface area contributed by atoms with Crippen LogP contribution in [-0.4, -0.2) is 30.5 Å². The van der Waals surface area contributed by atoms with Gasteiger partial charge < -0.3 is 9.64 Å². The first-order valence-electron chi connectivity index (χ1n) is 6.54. The molecule has 0 radical (unpaired) electrons. The molecule has 2 rings (SSSR count). The highest BCUT2D eigenvalue weighted by atomic mass is 79.9. The highest BCUT2D eigenvalue weighted by Gasteiger charge is 2.31. The van der Waals surface area contributed by atoms with Crippen LogP contribution in [0.5, 0.6) is 0 Å². The molecule has 0 N–H and O–H groups in total. The Morgan fingerprint density at radius 1 is 1.42 bits per heavy atom. The van der Waals surface area contributed by atoms with E-state index in [9.17, 15) is 4.79 Å². The van der Waals surface area contributed by atoms with Gasteiger partial charge in [-0.25, -0.2) is 0 Å². The summed E-state index contributed by atoms with van der Waals surface area (Å²) in [6.07, 6.45) is -0.0300. The fraction of sp³-hybridized carbons (Fsp3) is 0.533. The van der Waals surface area contributed by atoms with Crippen LogP contribution >= 0.6 is 15.9 Å². The van der Waals surface area contributed by atoms with Gasteiger partial charge in [0.2, 0.25) is 5.91 Å². The molecule has 4 heteroatoms. The monoisotopic (exact) mass is 325 g/mol. The summed E-state index contributed by atoms with van der Waals surface area (Å²) in [6, 6.07) is 8.08. The predicted octanol–water partition coefficient (Wildman–Crippen LogP) is 3.40. The highest BCUT2D eigenvalue weighted by Crippen LogP contribution is 2.27. The molecule has 3 nitrogen and oxygen atoms in total. The van der Waals surface area contributed by atoms with Crippen molar-refractivity contribution in [3.63, 3.8) is 0 Å². The van der Waals surface area contributed by atoms with Crippen molar-refractivity contribution in [3.8, 4) is 0 Å². The second-order valence-corrected chi connectivity index (χ2v) is 6.83. The van der Waals surface area contributed by atoms with Crippen molar-refractivity contribution in [2.45, 2.75) is 26.9 Å². The Morgan fingerprint density at radius 2 is 2.16 bits per heavy atom. The molecule has 1 unspecified atom stereocenters. The van der Waals surface area contributed by atoms with E-state index in [1.165, 1.54) is 0 Å². The van der Waals surface area contributed by atoms with E-state index >= 15 is 0 Å². The standard InChI is InChI=1S/C15H20BrNO2/c1-15(2,3)14(18)17-7-8-19-13(10-17)11-5-4-6-12(16)9-11/h4-6,9,13H,7-8,10H2,1-3H3. The van der Waals surface area contributed by atoms with E-state index in [-0.39, 0.29) is 17.4 Å². The second kappa shape index (κ2) is 5.63. The van der Waals surface area contributed by atoms with Gasteiger partial charge in [0.05, 0.1) is 13.2 Å². The van der Waals surface area contributed by atoms with Crippen LogP contribution in [0.4, 0.5) is 0 Å². The molecule has 0 spiro atoms. The van der Waals surface area contributed by atoms with Gasteiger partial charge in [-0.05, 0) is 17.7 Å². The number of hydrogen-bond donors (Lipinski definition) is 0. The van der Waals surface area contributed by atoms with E-state index < -0.39 is 0 Å². The maximum Gasteiger partial charge on any atom is 0.228 e. The van der Waals surface area contributed by atoms with Gasteiger partial charge in [-0.1, -0.05) is 48.8 Å². The van der Waals surface area contributed by atoms with Crippen LogP contribution in [-0.2, 0) is 9.53 Å². The molecule has 1 saturated heterocycles. The lowest BCUT2D eigenvalue weighted by Crippen LogP contribution is -2.46. The Bertz CT molecular complexity index is 467. The van der Waals surface area contributed by atoms with E-state index in [4.69, 9.17) is 4.74 Å². The van der Waals surface area contributed by atoms with Crippen LogP contribution < -0.4 is 0 Å². The molecular weight excluding hydrogens is 306 g/mol. The molecule has 0 bridgehead atoms. The van der Waals surface area contributed by atoms with E-state index in [1.807, 2.05) is 43.9 Å². The van der Waals surface area contributed by atoms with Gasteiger partial charge in [0.15, 0.2) is 0 Å². The van der Waals surface area contributed by atoms with E-state index in [2.05, 4.69) is 22.0 Å². The number of ether oxygens (including phenoxy) is 1. The van der Waals surface area contributed by atoms with Crippen molar-refractivity contribution in [3.05, 3.63) is 34.3 Å². The summed E-state index contributed by atoms with van der Waals surface area (Å²) in [6.45, 7) is 7.78. The van der Waals surface area contributed by atoms with E-state index in [0.717, 1.165) is 10.0 Å². The van der Waals surface area contributed by atoms with Crippen molar-refractivity contribution >= 4 is 21.8 Å². The van der Waals surface area contributed by atoms with E-state index in [1.54, 1.807) is 0 Å². The minimum atomic E-state index is -0.334. The molecule has 0 aromatic heterocycles. The van der Waals surface area contributed by atoms with Crippen LogP contribution in [0.15, 0.2) is 28.7 Å². The fourth-order valence-corrected chi connectivity index (χ4v) is 2.63. The lowest BCUT2D eigenvalue weighted by molar-refractivity contribution is -0.147. The quantitative estimate of drug-likeness (QED) is 0.792. The van der Waals surface area contributed by atoms with E-state index in [0.29, 0.717) is 19.7 Å². The third-order valence-corrected chi connectivity index (χ3v) is 3.71. The van der Waals surface area contributed by atoms with Crippen LogP contribution in [0.2, 0.25) is 0 Å². The van der Waals surface area contributed by atoms with Gasteiger partial charge in [-0.15, -0.1) is 0 Å². The minimum Gasteiger partial charge on any atom is -0.370 e. The summed E-state index contributed by atoms with van der Waals surface area (Å²) in [7, 11) is 0. The average Bonchev–Trinajstić information content (AvgIpc) is 2.37. The van der Waals surface area contributed by atoms with Gasteiger partial charge in [0.1, 0.15) is 6.10 Å². The summed E-state index contributed by atoms with van der Waals surface area (Å²) in [5.74, 6) is 0.191. The van der Waals surface area contributed by atoms with Gasteiger partial charge in [-0.2, -0.15) is 0 Å². The fourth-order valence-electron chi connectivity index (χ4n) is 2.22. The molecule has 1 atom stereocenters. The Labute approximate surface area is 123 Å². The molecule has 1 heterocycles. The zero-order valence-electron chi connectivity index (χ0n) is 11.6. The SMILES string of the molecule is CC(C)(C)C(=O)N1CCOC(c2cccc(Br)c2)C1. The topological polar surface area (TPSA) is 29.5 Å². The zero-order valence-corrected chi connectivity index (χ0v) is 13.2. The van der Waals surface area contributed by atoms with Crippen LogP contribution in [0.1, 0.15) is 32.4 Å². The Balaban J connectivity index is 2.11. The third-order valence-electron chi connectivity index (χ3n) is 3.22. The number of hydrogen-bond acceptors (Lipinski definition) is 2. The van der Waals surface area contributed by atoms with Crippen molar-refractivity contribution in [1.29, 1.82) is 0 Å². The van der Waals surface area contributed by atoms with Crippen LogP contribution in [0.3, 0.4) is 0 Å². The molecule has 19 heavy (non-hydrogen) atoms.